The maximum atomic E-state index is 12.7. The first-order valence-corrected chi connectivity index (χ1v) is 10.1. The van der Waals surface area contributed by atoms with E-state index in [1.165, 1.54) is 24.8 Å². The van der Waals surface area contributed by atoms with Crippen LogP contribution in [0.3, 0.4) is 0 Å². The van der Waals surface area contributed by atoms with Crippen LogP contribution in [0, 0.1) is 5.92 Å². The zero-order valence-corrected chi connectivity index (χ0v) is 16.0. The van der Waals surface area contributed by atoms with Crippen molar-refractivity contribution < 1.29 is 4.79 Å². The smallest absolute Gasteiger partial charge is 0.251 e. The molecule has 2 fully saturated rings. The number of carbonyl (C=O) groups is 1. The van der Waals surface area contributed by atoms with Crippen LogP contribution in [0.1, 0.15) is 31.2 Å². The Morgan fingerprint density at radius 3 is 2.73 bits per heavy atom. The Hall–Kier alpha value is -1.43. The molecule has 1 unspecified atom stereocenters. The van der Waals surface area contributed by atoms with Gasteiger partial charge in [-0.15, -0.1) is 0 Å². The molecule has 3 aliphatic heterocycles. The summed E-state index contributed by atoms with van der Waals surface area (Å²) in [7, 11) is 0. The summed E-state index contributed by atoms with van der Waals surface area (Å²) in [6.07, 6.45) is 4.78. The zero-order chi connectivity index (χ0) is 17.9. The summed E-state index contributed by atoms with van der Waals surface area (Å²) in [5.74, 6) is 0.214. The number of amides is 1. The van der Waals surface area contributed by atoms with Crippen molar-refractivity contribution in [3.63, 3.8) is 0 Å². The molecule has 3 heterocycles. The van der Waals surface area contributed by atoms with E-state index >= 15 is 0 Å². The molecule has 140 valence electrons. The molecule has 2 saturated heterocycles. The van der Waals surface area contributed by atoms with Crippen LogP contribution >= 0.6 is 11.6 Å². The van der Waals surface area contributed by atoms with E-state index in [0.717, 1.165) is 63.0 Å². The molecule has 3 aliphatic rings. The first-order chi connectivity index (χ1) is 12.7. The van der Waals surface area contributed by atoms with Gasteiger partial charge >= 0.3 is 0 Å². The number of nitrogens with zero attached hydrogens (tertiary/aromatic N) is 4. The van der Waals surface area contributed by atoms with Crippen molar-refractivity contribution >= 4 is 23.2 Å². The average Bonchev–Trinajstić information content (AvgIpc) is 2.96. The van der Waals surface area contributed by atoms with E-state index < -0.39 is 0 Å². The van der Waals surface area contributed by atoms with Crippen molar-refractivity contribution in [3.8, 4) is 0 Å². The van der Waals surface area contributed by atoms with Crippen molar-refractivity contribution in [2.75, 3.05) is 39.3 Å². The number of carbonyl (C=O) groups excluding carboxylic acids is 1. The molecule has 0 bridgehead atoms. The number of hydrazone groups is 1. The molecule has 1 amide bonds. The van der Waals surface area contributed by atoms with E-state index in [0.29, 0.717) is 0 Å². The Morgan fingerprint density at radius 1 is 1.08 bits per heavy atom. The highest BCUT2D eigenvalue weighted by molar-refractivity contribution is 6.30. The van der Waals surface area contributed by atoms with Crippen LogP contribution in [0.5, 0.6) is 0 Å². The first-order valence-electron chi connectivity index (χ1n) is 9.77. The fourth-order valence-electron chi connectivity index (χ4n) is 4.26. The number of hydrogen-bond donors (Lipinski definition) is 0. The van der Waals surface area contributed by atoms with Gasteiger partial charge in [0.1, 0.15) is 0 Å². The molecular formula is C20H27ClN4O. The molecule has 0 spiro atoms. The predicted octanol–water partition coefficient (Wildman–Crippen LogP) is 2.85. The second kappa shape index (κ2) is 8.07. The van der Waals surface area contributed by atoms with Crippen molar-refractivity contribution in [3.05, 3.63) is 34.9 Å². The molecule has 1 aromatic carbocycles. The fourth-order valence-corrected chi connectivity index (χ4v) is 4.47. The van der Waals surface area contributed by atoms with Crippen LogP contribution in [-0.2, 0) is 11.3 Å². The van der Waals surface area contributed by atoms with E-state index in [9.17, 15) is 4.79 Å². The molecule has 4 rings (SSSR count). The van der Waals surface area contributed by atoms with E-state index in [2.05, 4.69) is 15.9 Å². The highest BCUT2D eigenvalue weighted by Gasteiger charge is 2.39. The van der Waals surface area contributed by atoms with Crippen molar-refractivity contribution in [2.45, 2.75) is 32.2 Å². The quantitative estimate of drug-likeness (QED) is 0.795. The van der Waals surface area contributed by atoms with Crippen molar-refractivity contribution in [1.82, 2.24) is 14.8 Å². The third-order valence-electron chi connectivity index (χ3n) is 5.70. The minimum absolute atomic E-state index is 0.00645. The maximum Gasteiger partial charge on any atom is 0.251 e. The number of benzene rings is 1. The Bertz CT molecular complexity index is 686. The van der Waals surface area contributed by atoms with E-state index in [4.69, 9.17) is 16.7 Å². The van der Waals surface area contributed by atoms with Crippen LogP contribution in [0.4, 0.5) is 0 Å². The summed E-state index contributed by atoms with van der Waals surface area (Å²) in [6, 6.07) is 8.01. The normalized spacial score (nSPS) is 24.7. The Kier molecular flexibility index (Phi) is 5.57. The Balaban J connectivity index is 1.34. The highest BCUT2D eigenvalue weighted by Crippen LogP contribution is 2.25. The summed E-state index contributed by atoms with van der Waals surface area (Å²) >= 11 is 6.09. The summed E-state index contributed by atoms with van der Waals surface area (Å²) in [5, 5.41) is 7.20. The SMILES string of the molecule is O=C1C2CCN(Cc3cccc(Cl)c3)CC2=NN1CCN1CCCCC1. The van der Waals surface area contributed by atoms with Gasteiger partial charge in [-0.1, -0.05) is 30.2 Å². The summed E-state index contributed by atoms with van der Waals surface area (Å²) < 4.78 is 0. The first kappa shape index (κ1) is 18.0. The van der Waals surface area contributed by atoms with Gasteiger partial charge in [0.2, 0.25) is 0 Å². The van der Waals surface area contributed by atoms with Crippen LogP contribution in [0.2, 0.25) is 5.02 Å². The summed E-state index contributed by atoms with van der Waals surface area (Å²) in [5.41, 5.74) is 2.25. The van der Waals surface area contributed by atoms with Crippen LogP contribution in [0.25, 0.3) is 0 Å². The molecule has 26 heavy (non-hydrogen) atoms. The minimum atomic E-state index is 0.00645. The number of rotatable bonds is 5. The van der Waals surface area contributed by atoms with Crippen molar-refractivity contribution in [2.24, 2.45) is 11.0 Å². The number of hydrogen-bond acceptors (Lipinski definition) is 4. The molecule has 0 N–H and O–H groups in total. The zero-order valence-electron chi connectivity index (χ0n) is 15.2. The van der Waals surface area contributed by atoms with Crippen LogP contribution in [-0.4, -0.2) is 65.7 Å². The molecular weight excluding hydrogens is 348 g/mol. The van der Waals surface area contributed by atoms with Gasteiger partial charge in [0.25, 0.3) is 5.91 Å². The van der Waals surface area contributed by atoms with Gasteiger partial charge in [-0.2, -0.15) is 5.10 Å². The van der Waals surface area contributed by atoms with Crippen molar-refractivity contribution in [1.29, 1.82) is 0 Å². The third-order valence-corrected chi connectivity index (χ3v) is 5.93. The number of halogens is 1. The molecule has 6 heteroatoms. The number of piperidine rings is 2. The van der Waals surface area contributed by atoms with Gasteiger partial charge in [0.15, 0.2) is 0 Å². The standard InChI is InChI=1S/C20H27ClN4O/c21-17-6-4-5-16(13-17)14-24-10-7-18-19(15-24)22-25(20(18)26)12-11-23-8-2-1-3-9-23/h4-6,13,18H,1-3,7-12,14-15H2. The average molecular weight is 375 g/mol. The Labute approximate surface area is 160 Å². The maximum absolute atomic E-state index is 12.7. The molecule has 0 aromatic heterocycles. The topological polar surface area (TPSA) is 39.2 Å². The largest absolute Gasteiger partial charge is 0.301 e. The van der Waals surface area contributed by atoms with Crippen LogP contribution < -0.4 is 0 Å². The summed E-state index contributed by atoms with van der Waals surface area (Å²) in [6.45, 7) is 6.57. The number of likely N-dealkylation sites (tertiary alicyclic amines) is 2. The van der Waals surface area contributed by atoms with E-state index in [1.54, 1.807) is 5.01 Å². The monoisotopic (exact) mass is 374 g/mol. The minimum Gasteiger partial charge on any atom is -0.301 e. The van der Waals surface area contributed by atoms with E-state index in [-0.39, 0.29) is 11.8 Å². The summed E-state index contributed by atoms with van der Waals surface area (Å²) in [4.78, 5) is 17.5. The molecule has 1 aromatic rings. The van der Waals surface area contributed by atoms with Gasteiger partial charge in [0.05, 0.1) is 18.2 Å². The lowest BCUT2D eigenvalue weighted by molar-refractivity contribution is -0.132. The third kappa shape index (κ3) is 4.11. The molecule has 5 nitrogen and oxygen atoms in total. The lowest BCUT2D eigenvalue weighted by Crippen LogP contribution is -2.42. The second-order valence-corrected chi connectivity index (χ2v) is 8.07. The number of fused-ring (bicyclic) bond motifs is 1. The predicted molar refractivity (Wildman–Crippen MR) is 104 cm³/mol. The Morgan fingerprint density at radius 2 is 1.92 bits per heavy atom. The second-order valence-electron chi connectivity index (χ2n) is 7.64. The molecule has 0 saturated carbocycles. The molecule has 0 aliphatic carbocycles. The fraction of sp³-hybridized carbons (Fsp3) is 0.600. The molecule has 0 radical (unpaired) electrons. The highest BCUT2D eigenvalue weighted by atomic mass is 35.5. The van der Waals surface area contributed by atoms with Gasteiger partial charge in [-0.3, -0.25) is 9.69 Å². The van der Waals surface area contributed by atoms with Gasteiger partial charge in [-0.05, 0) is 50.0 Å². The molecule has 1 atom stereocenters. The van der Waals surface area contributed by atoms with Gasteiger partial charge < -0.3 is 4.90 Å². The van der Waals surface area contributed by atoms with Crippen LogP contribution in [0.15, 0.2) is 29.4 Å². The lowest BCUT2D eigenvalue weighted by Gasteiger charge is -2.29. The van der Waals surface area contributed by atoms with Gasteiger partial charge in [0, 0.05) is 31.2 Å². The van der Waals surface area contributed by atoms with Gasteiger partial charge in [-0.25, -0.2) is 5.01 Å². The van der Waals surface area contributed by atoms with E-state index in [1.807, 2.05) is 18.2 Å². The lowest BCUT2D eigenvalue weighted by atomic mass is 9.94.